The average molecular weight is 293 g/mol. The second-order valence-electron chi connectivity index (χ2n) is 8.51. The summed E-state index contributed by atoms with van der Waals surface area (Å²) in [4.78, 5) is 0. The molecule has 1 atom stereocenters. The maximum atomic E-state index is 6.44. The van der Waals surface area contributed by atoms with Gasteiger partial charge in [-0.05, 0) is 57.8 Å². The van der Waals surface area contributed by atoms with Crippen molar-refractivity contribution in [2.24, 2.45) is 11.3 Å². The zero-order chi connectivity index (χ0) is 15.6. The molecule has 20 heavy (non-hydrogen) atoms. The summed E-state index contributed by atoms with van der Waals surface area (Å²) < 4.78 is 6.44. The lowest BCUT2D eigenvalue weighted by molar-refractivity contribution is 0.345. The van der Waals surface area contributed by atoms with Crippen LogP contribution in [0.3, 0.4) is 0 Å². The Labute approximate surface area is 127 Å². The summed E-state index contributed by atoms with van der Waals surface area (Å²) in [6.45, 7) is 18.0. The van der Waals surface area contributed by atoms with E-state index < -0.39 is 8.32 Å². The Kier molecular flexibility index (Phi) is 5.19. The predicted molar refractivity (Wildman–Crippen MR) is 90.9 cm³/mol. The molecule has 0 radical (unpaired) electrons. The molecule has 0 aromatic heterocycles. The third-order valence-electron chi connectivity index (χ3n) is 4.15. The number of allylic oxidation sites excluding steroid dienone is 2. The van der Waals surface area contributed by atoms with Gasteiger partial charge in [0.25, 0.3) is 0 Å². The average Bonchev–Trinajstić information content (AvgIpc) is 2.24. The van der Waals surface area contributed by atoms with Crippen molar-refractivity contribution < 1.29 is 4.43 Å². The first kappa shape index (κ1) is 17.4. The van der Waals surface area contributed by atoms with Crippen LogP contribution in [0, 0.1) is 23.2 Å². The first-order chi connectivity index (χ1) is 8.91. The van der Waals surface area contributed by atoms with Crippen LogP contribution in [0.2, 0.25) is 18.1 Å². The molecule has 0 aromatic rings. The van der Waals surface area contributed by atoms with Crippen LogP contribution in [0.1, 0.15) is 60.8 Å². The lowest BCUT2D eigenvalue weighted by Crippen LogP contribution is -2.40. The molecule has 0 fully saturated rings. The maximum Gasteiger partial charge on any atom is 0.250 e. The Morgan fingerprint density at radius 3 is 2.25 bits per heavy atom. The third-order valence-corrected chi connectivity index (χ3v) is 8.54. The summed E-state index contributed by atoms with van der Waals surface area (Å²) in [5.74, 6) is 8.36. The Bertz CT molecular complexity index is 421. The first-order valence-electron chi connectivity index (χ1n) is 7.83. The minimum absolute atomic E-state index is 0.0890. The van der Waals surface area contributed by atoms with Gasteiger partial charge < -0.3 is 4.43 Å². The molecule has 0 bridgehead atoms. The first-order valence-corrected chi connectivity index (χ1v) is 10.7. The Morgan fingerprint density at radius 2 is 1.75 bits per heavy atom. The minimum atomic E-state index is -1.70. The van der Waals surface area contributed by atoms with Crippen molar-refractivity contribution in [3.05, 3.63) is 11.8 Å². The SMILES string of the molecule is CC(C)(C)C#CC1C=C(O[Si](C)(C)C(C)(C)C)CCC1. The fourth-order valence-electron chi connectivity index (χ4n) is 1.88. The molecule has 0 saturated carbocycles. The standard InChI is InChI=1S/C18H32OSi/c1-17(2,3)13-12-15-10-9-11-16(14-15)19-20(7,8)18(4,5)6/h14-15H,9-11H2,1-8H3. The van der Waals surface area contributed by atoms with E-state index in [-0.39, 0.29) is 10.5 Å². The smallest absolute Gasteiger partial charge is 0.250 e. The van der Waals surface area contributed by atoms with Gasteiger partial charge in [0.15, 0.2) is 0 Å². The summed E-state index contributed by atoms with van der Waals surface area (Å²) in [6.07, 6.45) is 5.74. The van der Waals surface area contributed by atoms with Crippen molar-refractivity contribution in [1.29, 1.82) is 0 Å². The van der Waals surface area contributed by atoms with E-state index in [2.05, 4.69) is 72.6 Å². The molecule has 1 unspecified atom stereocenters. The monoisotopic (exact) mass is 292 g/mol. The largest absolute Gasteiger partial charge is 0.547 e. The lowest BCUT2D eigenvalue weighted by atomic mass is 9.92. The summed E-state index contributed by atoms with van der Waals surface area (Å²) >= 11 is 0. The van der Waals surface area contributed by atoms with Crippen LogP contribution in [0.25, 0.3) is 0 Å². The van der Waals surface area contributed by atoms with Gasteiger partial charge in [0.2, 0.25) is 8.32 Å². The van der Waals surface area contributed by atoms with Crippen molar-refractivity contribution in [2.45, 2.75) is 78.9 Å². The van der Waals surface area contributed by atoms with Gasteiger partial charge in [-0.2, -0.15) is 0 Å². The van der Waals surface area contributed by atoms with Crippen molar-refractivity contribution >= 4 is 8.32 Å². The molecule has 0 saturated heterocycles. The van der Waals surface area contributed by atoms with Gasteiger partial charge >= 0.3 is 0 Å². The van der Waals surface area contributed by atoms with Crippen molar-refractivity contribution in [3.8, 4) is 11.8 Å². The third kappa shape index (κ3) is 5.36. The summed E-state index contributed by atoms with van der Waals surface area (Å²) in [5.41, 5.74) is 0.0890. The topological polar surface area (TPSA) is 9.23 Å². The van der Waals surface area contributed by atoms with Crippen LogP contribution in [0.15, 0.2) is 11.8 Å². The molecule has 0 spiro atoms. The molecular formula is C18H32OSi. The zero-order valence-corrected chi connectivity index (χ0v) is 15.7. The van der Waals surface area contributed by atoms with Crippen LogP contribution in [0.5, 0.6) is 0 Å². The van der Waals surface area contributed by atoms with Crippen LogP contribution in [-0.4, -0.2) is 8.32 Å². The highest BCUT2D eigenvalue weighted by atomic mass is 28.4. The van der Waals surface area contributed by atoms with Gasteiger partial charge in [0.1, 0.15) is 0 Å². The second-order valence-corrected chi connectivity index (χ2v) is 13.2. The predicted octanol–water partition coefficient (Wildman–Crippen LogP) is 5.74. The van der Waals surface area contributed by atoms with Crippen LogP contribution in [0.4, 0.5) is 0 Å². The van der Waals surface area contributed by atoms with Gasteiger partial charge in [-0.15, -0.1) is 0 Å². The van der Waals surface area contributed by atoms with E-state index in [4.69, 9.17) is 4.43 Å². The van der Waals surface area contributed by atoms with Crippen LogP contribution < -0.4 is 0 Å². The zero-order valence-electron chi connectivity index (χ0n) is 14.7. The molecule has 0 aromatic carbocycles. The molecular weight excluding hydrogens is 260 g/mol. The Balaban J connectivity index is 2.81. The van der Waals surface area contributed by atoms with Crippen LogP contribution >= 0.6 is 0 Å². The van der Waals surface area contributed by atoms with E-state index >= 15 is 0 Å². The molecule has 114 valence electrons. The summed E-state index contributed by atoms with van der Waals surface area (Å²) in [7, 11) is -1.70. The van der Waals surface area contributed by atoms with Crippen molar-refractivity contribution in [1.82, 2.24) is 0 Å². The molecule has 1 aliphatic rings. The Morgan fingerprint density at radius 1 is 1.15 bits per heavy atom. The minimum Gasteiger partial charge on any atom is -0.547 e. The van der Waals surface area contributed by atoms with E-state index in [0.717, 1.165) is 6.42 Å². The highest BCUT2D eigenvalue weighted by Gasteiger charge is 2.39. The molecule has 0 amide bonds. The van der Waals surface area contributed by atoms with Crippen molar-refractivity contribution in [2.75, 3.05) is 0 Å². The summed E-state index contributed by atoms with van der Waals surface area (Å²) in [6, 6.07) is 0. The molecule has 0 aliphatic heterocycles. The van der Waals surface area contributed by atoms with Crippen LogP contribution in [-0.2, 0) is 4.43 Å². The highest BCUT2D eigenvalue weighted by Crippen LogP contribution is 2.39. The number of hydrogen-bond donors (Lipinski definition) is 0. The maximum absolute atomic E-state index is 6.44. The molecule has 2 heteroatoms. The normalized spacial score (nSPS) is 20.8. The number of rotatable bonds is 2. The van der Waals surface area contributed by atoms with Crippen molar-refractivity contribution in [3.63, 3.8) is 0 Å². The van der Waals surface area contributed by atoms with Gasteiger partial charge in [-0.25, -0.2) is 0 Å². The fraction of sp³-hybridized carbons (Fsp3) is 0.778. The van der Waals surface area contributed by atoms with Gasteiger partial charge in [-0.3, -0.25) is 0 Å². The highest BCUT2D eigenvalue weighted by molar-refractivity contribution is 6.74. The molecule has 1 aliphatic carbocycles. The van der Waals surface area contributed by atoms with E-state index in [1.165, 1.54) is 18.6 Å². The molecule has 1 rings (SSSR count). The second kappa shape index (κ2) is 5.98. The van der Waals surface area contributed by atoms with Gasteiger partial charge in [0.05, 0.1) is 5.76 Å². The lowest BCUT2D eigenvalue weighted by Gasteiger charge is -2.38. The van der Waals surface area contributed by atoms with E-state index in [1.54, 1.807) is 0 Å². The van der Waals surface area contributed by atoms with E-state index in [9.17, 15) is 0 Å². The number of hydrogen-bond acceptors (Lipinski definition) is 1. The summed E-state index contributed by atoms with van der Waals surface area (Å²) in [5, 5.41) is 0.262. The Hall–Kier alpha value is -0.683. The molecule has 1 nitrogen and oxygen atoms in total. The molecule has 0 heterocycles. The van der Waals surface area contributed by atoms with E-state index in [1.807, 2.05) is 0 Å². The van der Waals surface area contributed by atoms with E-state index in [0.29, 0.717) is 5.92 Å². The fourth-order valence-corrected chi connectivity index (χ4v) is 3.01. The quantitative estimate of drug-likeness (QED) is 0.465. The van der Waals surface area contributed by atoms with Gasteiger partial charge in [-0.1, -0.05) is 32.6 Å². The molecule has 0 N–H and O–H groups in total. The van der Waals surface area contributed by atoms with Gasteiger partial charge in [0, 0.05) is 17.8 Å².